The van der Waals surface area contributed by atoms with Crippen molar-refractivity contribution in [3.8, 4) is 0 Å². The number of nitrogens with zero attached hydrogens (tertiary/aromatic N) is 1. The van der Waals surface area contributed by atoms with Gasteiger partial charge < -0.3 is 15.5 Å². The standard InChI is InChI=1S/C18H25N3O2S/c1-13(22)19-14-2-6-17(7-3-14)24-12-18(23)20-15-8-10-21(11-9-15)16-4-5-16/h2-3,6-7,15-16H,4-5,8-12H2,1H3,(H,19,22)(H,20,23). The van der Waals surface area contributed by atoms with Crippen LogP contribution in [0, 0.1) is 0 Å². The lowest BCUT2D eigenvalue weighted by molar-refractivity contribution is -0.119. The van der Waals surface area contributed by atoms with E-state index >= 15 is 0 Å². The Hall–Kier alpha value is -1.53. The Kier molecular flexibility index (Phi) is 5.79. The summed E-state index contributed by atoms with van der Waals surface area (Å²) in [5, 5.41) is 5.90. The van der Waals surface area contributed by atoms with Crippen LogP contribution in [0.3, 0.4) is 0 Å². The van der Waals surface area contributed by atoms with Gasteiger partial charge in [-0.05, 0) is 49.9 Å². The van der Waals surface area contributed by atoms with Crippen molar-refractivity contribution in [1.29, 1.82) is 0 Å². The molecule has 1 aromatic carbocycles. The highest BCUT2D eigenvalue weighted by molar-refractivity contribution is 8.00. The highest BCUT2D eigenvalue weighted by atomic mass is 32.2. The summed E-state index contributed by atoms with van der Waals surface area (Å²) in [6.07, 6.45) is 4.85. The van der Waals surface area contributed by atoms with Gasteiger partial charge in [0.05, 0.1) is 5.75 Å². The van der Waals surface area contributed by atoms with E-state index < -0.39 is 0 Å². The van der Waals surface area contributed by atoms with Crippen LogP contribution in [-0.2, 0) is 9.59 Å². The molecule has 0 spiro atoms. The van der Waals surface area contributed by atoms with Crippen molar-refractivity contribution >= 4 is 29.3 Å². The van der Waals surface area contributed by atoms with Crippen molar-refractivity contribution in [3.63, 3.8) is 0 Å². The Morgan fingerprint density at radius 3 is 2.38 bits per heavy atom. The van der Waals surface area contributed by atoms with E-state index in [-0.39, 0.29) is 11.8 Å². The Labute approximate surface area is 147 Å². The van der Waals surface area contributed by atoms with Gasteiger partial charge in [-0.3, -0.25) is 9.59 Å². The van der Waals surface area contributed by atoms with Crippen LogP contribution in [-0.4, -0.2) is 47.6 Å². The molecule has 0 bridgehead atoms. The van der Waals surface area contributed by atoms with Crippen LogP contribution in [0.2, 0.25) is 0 Å². The molecule has 3 rings (SSSR count). The van der Waals surface area contributed by atoms with Gasteiger partial charge in [-0.2, -0.15) is 0 Å². The Bertz CT molecular complexity index is 578. The number of anilines is 1. The Morgan fingerprint density at radius 2 is 1.79 bits per heavy atom. The predicted octanol–water partition coefficient (Wildman–Crippen LogP) is 2.48. The molecule has 2 aliphatic rings. The Morgan fingerprint density at radius 1 is 1.12 bits per heavy atom. The molecule has 24 heavy (non-hydrogen) atoms. The molecule has 2 amide bonds. The summed E-state index contributed by atoms with van der Waals surface area (Å²) in [5.74, 6) is 0.459. The fraction of sp³-hybridized carbons (Fsp3) is 0.556. The predicted molar refractivity (Wildman–Crippen MR) is 97.2 cm³/mol. The largest absolute Gasteiger partial charge is 0.353 e. The minimum absolute atomic E-state index is 0.0810. The summed E-state index contributed by atoms with van der Waals surface area (Å²) in [4.78, 5) is 26.7. The molecule has 0 unspecified atom stereocenters. The molecule has 1 heterocycles. The van der Waals surface area contributed by atoms with Gasteiger partial charge in [-0.15, -0.1) is 11.8 Å². The SMILES string of the molecule is CC(=O)Nc1ccc(SCC(=O)NC2CCN(C3CC3)CC2)cc1. The third kappa shape index (κ3) is 5.24. The lowest BCUT2D eigenvalue weighted by Gasteiger charge is -2.32. The first-order valence-corrected chi connectivity index (χ1v) is 9.62. The first-order valence-electron chi connectivity index (χ1n) is 8.64. The average molecular weight is 347 g/mol. The number of hydrogen-bond acceptors (Lipinski definition) is 4. The lowest BCUT2D eigenvalue weighted by atomic mass is 10.1. The number of piperidine rings is 1. The summed E-state index contributed by atoms with van der Waals surface area (Å²) < 4.78 is 0. The van der Waals surface area contributed by atoms with Gasteiger partial charge in [0, 0.05) is 42.7 Å². The molecule has 2 fully saturated rings. The third-order valence-corrected chi connectivity index (χ3v) is 5.51. The summed E-state index contributed by atoms with van der Waals surface area (Å²) in [5.41, 5.74) is 0.777. The monoisotopic (exact) mass is 347 g/mol. The van der Waals surface area contributed by atoms with E-state index in [1.54, 1.807) is 0 Å². The maximum atomic E-state index is 12.1. The molecule has 5 nitrogen and oxygen atoms in total. The molecule has 1 saturated carbocycles. The van der Waals surface area contributed by atoms with E-state index in [1.165, 1.54) is 31.5 Å². The zero-order valence-electron chi connectivity index (χ0n) is 14.1. The van der Waals surface area contributed by atoms with Gasteiger partial charge in [0.2, 0.25) is 11.8 Å². The number of thioether (sulfide) groups is 1. The molecule has 0 radical (unpaired) electrons. The van der Waals surface area contributed by atoms with Gasteiger partial charge in [-0.25, -0.2) is 0 Å². The van der Waals surface area contributed by atoms with Gasteiger partial charge >= 0.3 is 0 Å². The number of rotatable bonds is 6. The van der Waals surface area contributed by atoms with Gasteiger partial charge in [0.25, 0.3) is 0 Å². The molecule has 1 saturated heterocycles. The van der Waals surface area contributed by atoms with Crippen molar-refractivity contribution in [3.05, 3.63) is 24.3 Å². The van der Waals surface area contributed by atoms with Crippen molar-refractivity contribution < 1.29 is 9.59 Å². The third-order valence-electron chi connectivity index (χ3n) is 4.50. The molecule has 130 valence electrons. The van der Waals surface area contributed by atoms with E-state index in [0.717, 1.165) is 42.6 Å². The van der Waals surface area contributed by atoms with Crippen LogP contribution in [0.5, 0.6) is 0 Å². The summed E-state index contributed by atoms with van der Waals surface area (Å²) in [7, 11) is 0. The van der Waals surface area contributed by atoms with E-state index in [4.69, 9.17) is 0 Å². The topological polar surface area (TPSA) is 61.4 Å². The van der Waals surface area contributed by atoms with Crippen molar-refractivity contribution in [2.75, 3.05) is 24.2 Å². The Balaban J connectivity index is 1.37. The number of likely N-dealkylation sites (tertiary alicyclic amines) is 1. The van der Waals surface area contributed by atoms with Gasteiger partial charge in [0.1, 0.15) is 0 Å². The molecule has 0 aromatic heterocycles. The maximum absolute atomic E-state index is 12.1. The molecule has 6 heteroatoms. The van der Waals surface area contributed by atoms with Crippen LogP contribution >= 0.6 is 11.8 Å². The fourth-order valence-corrected chi connectivity index (χ4v) is 3.81. The summed E-state index contributed by atoms with van der Waals surface area (Å²) in [6.45, 7) is 3.73. The van der Waals surface area contributed by atoms with E-state index in [9.17, 15) is 9.59 Å². The number of hydrogen-bond donors (Lipinski definition) is 2. The number of amides is 2. The molecule has 1 aliphatic carbocycles. The van der Waals surface area contributed by atoms with E-state index in [1.807, 2.05) is 24.3 Å². The van der Waals surface area contributed by atoms with Crippen LogP contribution < -0.4 is 10.6 Å². The first-order chi connectivity index (χ1) is 11.6. The molecule has 1 aromatic rings. The zero-order chi connectivity index (χ0) is 16.9. The fourth-order valence-electron chi connectivity index (χ4n) is 3.10. The van der Waals surface area contributed by atoms with Crippen LogP contribution in [0.4, 0.5) is 5.69 Å². The molecule has 0 atom stereocenters. The lowest BCUT2D eigenvalue weighted by Crippen LogP contribution is -2.45. The first kappa shape index (κ1) is 17.3. The second-order valence-corrected chi connectivity index (χ2v) is 7.65. The quantitative estimate of drug-likeness (QED) is 0.776. The minimum Gasteiger partial charge on any atom is -0.353 e. The zero-order valence-corrected chi connectivity index (χ0v) is 14.9. The van der Waals surface area contributed by atoms with Gasteiger partial charge in [-0.1, -0.05) is 0 Å². The van der Waals surface area contributed by atoms with Crippen molar-refractivity contribution in [2.24, 2.45) is 0 Å². The van der Waals surface area contributed by atoms with Crippen LogP contribution in [0.1, 0.15) is 32.6 Å². The average Bonchev–Trinajstić information content (AvgIpc) is 3.39. The highest BCUT2D eigenvalue weighted by Gasteiger charge is 2.31. The smallest absolute Gasteiger partial charge is 0.230 e. The number of nitrogens with one attached hydrogen (secondary N) is 2. The van der Waals surface area contributed by atoms with Crippen molar-refractivity contribution in [2.45, 2.75) is 49.6 Å². The minimum atomic E-state index is -0.0810. The van der Waals surface area contributed by atoms with Crippen LogP contribution in [0.15, 0.2) is 29.2 Å². The summed E-state index contributed by atoms with van der Waals surface area (Å²) >= 11 is 1.52. The second kappa shape index (κ2) is 8.03. The molecular formula is C18H25N3O2S. The van der Waals surface area contributed by atoms with E-state index in [2.05, 4.69) is 15.5 Å². The van der Waals surface area contributed by atoms with Crippen molar-refractivity contribution in [1.82, 2.24) is 10.2 Å². The van der Waals surface area contributed by atoms with Crippen LogP contribution in [0.25, 0.3) is 0 Å². The molecule has 2 N–H and O–H groups in total. The summed E-state index contributed by atoms with van der Waals surface area (Å²) in [6, 6.07) is 8.73. The number of carbonyl (C=O) groups is 2. The van der Waals surface area contributed by atoms with E-state index in [0.29, 0.717) is 11.8 Å². The molecular weight excluding hydrogens is 322 g/mol. The second-order valence-electron chi connectivity index (χ2n) is 6.60. The highest BCUT2D eigenvalue weighted by Crippen LogP contribution is 2.29. The number of carbonyl (C=O) groups excluding carboxylic acids is 2. The molecule has 1 aliphatic heterocycles. The maximum Gasteiger partial charge on any atom is 0.230 e. The number of benzene rings is 1. The van der Waals surface area contributed by atoms with Gasteiger partial charge in [0.15, 0.2) is 0 Å². The normalized spacial score (nSPS) is 19.0.